The number of aryl methyl sites for hydroxylation is 2. The summed E-state index contributed by atoms with van der Waals surface area (Å²) in [6, 6.07) is 12.9. The zero-order valence-electron chi connectivity index (χ0n) is 15.6. The van der Waals surface area contributed by atoms with Crippen LogP contribution in [0.3, 0.4) is 0 Å². The van der Waals surface area contributed by atoms with Crippen LogP contribution in [0.1, 0.15) is 65.5 Å². The molecule has 0 unspecified atom stereocenters. The standard InChI is InChI=1S/C13H14O3.C10H13N/c14-12(15)7-9-2-1-8-3-4-11-10(13(8)9)5-6-16-11;11-10-7-3-5-8-4-1-2-6-9(8)10/h3-4,9H,1-2,5-7H2,(H,14,15);1-2,4,6,10H,3,5,7,11H2/t9-;10-/m11/s1. The number of fused-ring (bicyclic) bond motifs is 4. The molecule has 3 aliphatic rings. The lowest BCUT2D eigenvalue weighted by Crippen LogP contribution is -2.16. The van der Waals surface area contributed by atoms with E-state index in [9.17, 15) is 4.79 Å². The zero-order valence-corrected chi connectivity index (χ0v) is 15.6. The minimum absolute atomic E-state index is 0.198. The molecule has 4 nitrogen and oxygen atoms in total. The molecule has 0 bridgehead atoms. The Morgan fingerprint density at radius 3 is 2.74 bits per heavy atom. The molecule has 0 spiro atoms. The summed E-state index contributed by atoms with van der Waals surface area (Å²) < 4.78 is 5.53. The van der Waals surface area contributed by atoms with E-state index < -0.39 is 5.97 Å². The molecule has 3 N–H and O–H groups in total. The molecule has 142 valence electrons. The van der Waals surface area contributed by atoms with Gasteiger partial charge in [0.1, 0.15) is 5.75 Å². The molecule has 2 aromatic carbocycles. The van der Waals surface area contributed by atoms with Crippen molar-refractivity contribution in [2.24, 2.45) is 5.73 Å². The third-order valence-corrected chi connectivity index (χ3v) is 6.02. The summed E-state index contributed by atoms with van der Waals surface area (Å²) in [7, 11) is 0. The topological polar surface area (TPSA) is 72.6 Å². The van der Waals surface area contributed by atoms with Crippen LogP contribution in [0.15, 0.2) is 36.4 Å². The van der Waals surface area contributed by atoms with Gasteiger partial charge in [-0.2, -0.15) is 0 Å². The van der Waals surface area contributed by atoms with Gasteiger partial charge in [-0.25, -0.2) is 0 Å². The Morgan fingerprint density at radius 1 is 1.07 bits per heavy atom. The first-order valence-electron chi connectivity index (χ1n) is 9.96. The maximum absolute atomic E-state index is 10.8. The van der Waals surface area contributed by atoms with Crippen LogP contribution < -0.4 is 10.5 Å². The van der Waals surface area contributed by atoms with Gasteiger partial charge in [-0.15, -0.1) is 0 Å². The smallest absolute Gasteiger partial charge is 0.303 e. The molecular formula is C23H27NO3. The van der Waals surface area contributed by atoms with Crippen molar-refractivity contribution in [2.75, 3.05) is 6.61 Å². The highest BCUT2D eigenvalue weighted by Gasteiger charge is 2.30. The SMILES string of the molecule is N[C@@H]1CCCc2ccccc21.O=C(O)C[C@H]1CCc2ccc3c(c21)CCO3. The van der Waals surface area contributed by atoms with Crippen molar-refractivity contribution in [3.63, 3.8) is 0 Å². The van der Waals surface area contributed by atoms with Crippen LogP contribution in [0.4, 0.5) is 0 Å². The monoisotopic (exact) mass is 365 g/mol. The van der Waals surface area contributed by atoms with E-state index in [-0.39, 0.29) is 12.3 Å². The summed E-state index contributed by atoms with van der Waals surface area (Å²) in [6.07, 6.45) is 6.79. The lowest BCUT2D eigenvalue weighted by atomic mass is 9.88. The Kier molecular flexibility index (Phi) is 5.17. The van der Waals surface area contributed by atoms with E-state index in [2.05, 4.69) is 30.3 Å². The predicted octanol–water partition coefficient (Wildman–Crippen LogP) is 4.15. The van der Waals surface area contributed by atoms with Gasteiger partial charge in [-0.1, -0.05) is 30.3 Å². The van der Waals surface area contributed by atoms with Gasteiger partial charge >= 0.3 is 5.97 Å². The van der Waals surface area contributed by atoms with Gasteiger partial charge in [0, 0.05) is 18.0 Å². The first-order chi connectivity index (χ1) is 13.1. The Balaban J connectivity index is 0.000000143. The average Bonchev–Trinajstić information content (AvgIpc) is 3.29. The normalized spacial score (nSPS) is 22.0. The van der Waals surface area contributed by atoms with Crippen LogP contribution >= 0.6 is 0 Å². The van der Waals surface area contributed by atoms with Gasteiger partial charge < -0.3 is 15.6 Å². The van der Waals surface area contributed by atoms with Crippen molar-refractivity contribution in [3.8, 4) is 5.75 Å². The summed E-state index contributed by atoms with van der Waals surface area (Å²) in [5, 5.41) is 8.92. The van der Waals surface area contributed by atoms with Crippen molar-refractivity contribution in [1.82, 2.24) is 0 Å². The minimum Gasteiger partial charge on any atom is -0.493 e. The molecule has 0 aromatic heterocycles. The summed E-state index contributed by atoms with van der Waals surface area (Å²) in [4.78, 5) is 10.8. The number of carboxylic acid groups (broad SMARTS) is 1. The Hall–Kier alpha value is -2.33. The molecule has 0 radical (unpaired) electrons. The fourth-order valence-corrected chi connectivity index (χ4v) is 4.76. The Bertz CT molecular complexity index is 846. The number of carbonyl (C=O) groups is 1. The number of benzene rings is 2. The number of nitrogens with two attached hydrogens (primary N) is 1. The molecule has 0 fully saturated rings. The first kappa shape index (κ1) is 18.1. The summed E-state index contributed by atoms with van der Waals surface area (Å²) in [5.41, 5.74) is 12.6. The van der Waals surface area contributed by atoms with Gasteiger partial charge in [0.2, 0.25) is 0 Å². The predicted molar refractivity (Wildman–Crippen MR) is 105 cm³/mol. The lowest BCUT2D eigenvalue weighted by Gasteiger charge is -2.21. The highest BCUT2D eigenvalue weighted by molar-refractivity contribution is 5.69. The molecule has 2 aromatic rings. The van der Waals surface area contributed by atoms with Crippen LogP contribution in [0, 0.1) is 0 Å². The van der Waals surface area contributed by atoms with E-state index >= 15 is 0 Å². The molecule has 27 heavy (non-hydrogen) atoms. The zero-order chi connectivity index (χ0) is 18.8. The van der Waals surface area contributed by atoms with E-state index in [0.29, 0.717) is 6.04 Å². The molecule has 2 atom stereocenters. The first-order valence-corrected chi connectivity index (χ1v) is 9.96. The van der Waals surface area contributed by atoms with E-state index in [1.165, 1.54) is 40.7 Å². The maximum atomic E-state index is 10.8. The van der Waals surface area contributed by atoms with Crippen molar-refractivity contribution in [2.45, 2.75) is 56.9 Å². The minimum atomic E-state index is -0.700. The number of ether oxygens (including phenoxy) is 1. The number of carboxylic acids is 1. The third kappa shape index (κ3) is 3.72. The van der Waals surface area contributed by atoms with E-state index in [1.807, 2.05) is 6.07 Å². The van der Waals surface area contributed by atoms with E-state index in [0.717, 1.165) is 38.0 Å². The largest absolute Gasteiger partial charge is 0.493 e. The number of hydrogen-bond donors (Lipinski definition) is 2. The van der Waals surface area contributed by atoms with Gasteiger partial charge in [-0.05, 0) is 66.3 Å². The molecule has 1 aliphatic heterocycles. The molecule has 0 saturated carbocycles. The van der Waals surface area contributed by atoms with Gasteiger partial charge in [0.25, 0.3) is 0 Å². The van der Waals surface area contributed by atoms with Gasteiger partial charge in [0.05, 0.1) is 13.0 Å². The van der Waals surface area contributed by atoms with Crippen molar-refractivity contribution in [3.05, 3.63) is 64.2 Å². The molecule has 4 heteroatoms. The highest BCUT2D eigenvalue weighted by atomic mass is 16.5. The molecule has 0 saturated heterocycles. The van der Waals surface area contributed by atoms with Gasteiger partial charge in [-0.3, -0.25) is 4.79 Å². The third-order valence-electron chi connectivity index (χ3n) is 6.02. The second-order valence-electron chi connectivity index (χ2n) is 7.74. The van der Waals surface area contributed by atoms with E-state index in [4.69, 9.17) is 15.6 Å². The highest BCUT2D eigenvalue weighted by Crippen LogP contribution is 2.43. The molecule has 0 amide bonds. The van der Waals surface area contributed by atoms with Crippen molar-refractivity contribution in [1.29, 1.82) is 0 Å². The molecule has 1 heterocycles. The van der Waals surface area contributed by atoms with Crippen LogP contribution in [-0.4, -0.2) is 17.7 Å². The molecule has 5 rings (SSSR count). The number of rotatable bonds is 2. The Labute approximate surface area is 160 Å². The van der Waals surface area contributed by atoms with Gasteiger partial charge in [0.15, 0.2) is 0 Å². The summed E-state index contributed by atoms with van der Waals surface area (Å²) in [6.45, 7) is 0.742. The maximum Gasteiger partial charge on any atom is 0.303 e. The average molecular weight is 365 g/mol. The van der Waals surface area contributed by atoms with Crippen LogP contribution in [0.2, 0.25) is 0 Å². The summed E-state index contributed by atoms with van der Waals surface area (Å²) >= 11 is 0. The fraction of sp³-hybridized carbons (Fsp3) is 0.435. The fourth-order valence-electron chi connectivity index (χ4n) is 4.76. The lowest BCUT2D eigenvalue weighted by molar-refractivity contribution is -0.137. The van der Waals surface area contributed by atoms with Crippen LogP contribution in [-0.2, 0) is 24.1 Å². The summed E-state index contributed by atoms with van der Waals surface area (Å²) in [5.74, 6) is 0.467. The molecule has 2 aliphatic carbocycles. The molecular weight excluding hydrogens is 338 g/mol. The van der Waals surface area contributed by atoms with Crippen LogP contribution in [0.25, 0.3) is 0 Å². The van der Waals surface area contributed by atoms with Crippen LogP contribution in [0.5, 0.6) is 5.75 Å². The second kappa shape index (κ2) is 7.73. The number of hydrogen-bond acceptors (Lipinski definition) is 3. The quantitative estimate of drug-likeness (QED) is 0.839. The van der Waals surface area contributed by atoms with Crippen molar-refractivity contribution >= 4 is 5.97 Å². The Morgan fingerprint density at radius 2 is 1.93 bits per heavy atom. The van der Waals surface area contributed by atoms with Crippen molar-refractivity contribution < 1.29 is 14.6 Å². The number of aliphatic carboxylic acids is 1. The second-order valence-corrected chi connectivity index (χ2v) is 7.74. The van der Waals surface area contributed by atoms with E-state index in [1.54, 1.807) is 0 Å².